The van der Waals surface area contributed by atoms with Crippen LogP contribution in [0.5, 0.6) is 0 Å². The molecule has 2 atom stereocenters. The lowest BCUT2D eigenvalue weighted by atomic mass is 10.4. The van der Waals surface area contributed by atoms with E-state index in [1.54, 1.807) is 7.05 Å². The molecule has 0 radical (unpaired) electrons. The number of hydroxylamine groups is 7. The van der Waals surface area contributed by atoms with Crippen LogP contribution in [0.4, 0.5) is 0 Å². The summed E-state index contributed by atoms with van der Waals surface area (Å²) in [5, 5.41) is 3.58. The topological polar surface area (TPSA) is 133 Å². The number of nitrogens with zero attached hydrogens (tertiary/aromatic N) is 4. The number of rotatable bonds is 8. The van der Waals surface area contributed by atoms with Gasteiger partial charge in [-0.3, -0.25) is 19.4 Å². The molecule has 0 saturated heterocycles. The first-order valence-corrected chi connectivity index (χ1v) is 6.45. The highest BCUT2D eigenvalue weighted by molar-refractivity contribution is 5.78. The van der Waals surface area contributed by atoms with Gasteiger partial charge < -0.3 is 20.0 Å². The van der Waals surface area contributed by atoms with Gasteiger partial charge in [0.2, 0.25) is 5.96 Å². The molecule has 13 heteroatoms. The van der Waals surface area contributed by atoms with Crippen molar-refractivity contribution in [2.45, 2.75) is 11.9 Å². The molecule has 24 heavy (non-hydrogen) atoms. The molecule has 1 rings (SSSR count). The number of carbonyl (C=O) groups is 1. The fourth-order valence-corrected chi connectivity index (χ4v) is 2.17. The number of nitrogens with one attached hydrogen (secondary N) is 1. The normalized spacial score (nSPS) is 27.7. The third-order valence-corrected chi connectivity index (χ3v) is 3.12. The first-order chi connectivity index (χ1) is 11.4. The van der Waals surface area contributed by atoms with E-state index in [4.69, 9.17) is 39.4 Å². The lowest BCUT2D eigenvalue weighted by Gasteiger charge is -2.55. The number of hydrogen-bond acceptors (Lipinski definition) is 13. The summed E-state index contributed by atoms with van der Waals surface area (Å²) in [4.78, 5) is 33.0. The monoisotopic (exact) mass is 354 g/mol. The number of carbonyl (C=O) groups excluding carboxylic acids is 1. The Hall–Kier alpha value is -1.42. The van der Waals surface area contributed by atoms with Gasteiger partial charge in [0.1, 0.15) is 6.79 Å². The number of hydrogen-bond donors (Lipinski definition) is 2. The number of guanidine groups is 1. The van der Waals surface area contributed by atoms with Crippen molar-refractivity contribution in [3.05, 3.63) is 0 Å². The molecule has 13 nitrogen and oxygen atoms in total. The second kappa shape index (κ2) is 9.77. The predicted molar refractivity (Wildman–Crippen MR) is 80.8 cm³/mol. The molecular weight excluding hydrogens is 328 g/mol. The molecule has 0 saturated carbocycles. The molecule has 3 N–H and O–H groups in total. The predicted octanol–water partition coefficient (Wildman–Crippen LogP) is -1.98. The van der Waals surface area contributed by atoms with Crippen LogP contribution in [0.15, 0.2) is 4.99 Å². The Kier molecular flexibility index (Phi) is 9.20. The van der Waals surface area contributed by atoms with E-state index in [2.05, 4.69) is 10.5 Å². The minimum Gasteiger partial charge on any atom is -0.368 e. The number of aliphatic imine (C=N–C) groups is 1. The Morgan fingerprint density at radius 3 is 2.04 bits per heavy atom. The van der Waals surface area contributed by atoms with E-state index in [-0.39, 0.29) is 5.96 Å². The van der Waals surface area contributed by atoms with Gasteiger partial charge in [0.25, 0.3) is 0 Å². The fourth-order valence-electron chi connectivity index (χ4n) is 2.17. The summed E-state index contributed by atoms with van der Waals surface area (Å²) in [5.74, 6) is -3.36. The zero-order valence-electron chi connectivity index (χ0n) is 14.9. The van der Waals surface area contributed by atoms with Gasteiger partial charge in [-0.1, -0.05) is 5.06 Å². The van der Waals surface area contributed by atoms with E-state index in [0.29, 0.717) is 0 Å². The molecule has 1 aliphatic heterocycles. The quantitative estimate of drug-likeness (QED) is 0.369. The van der Waals surface area contributed by atoms with Crippen molar-refractivity contribution in [3.8, 4) is 0 Å². The number of nitrogens with two attached hydrogens (primary N) is 1. The molecule has 0 bridgehead atoms. The number of ether oxygens (including phenoxy) is 2. The smallest absolute Gasteiger partial charge is 0.340 e. The lowest BCUT2D eigenvalue weighted by Crippen LogP contribution is -2.81. The second-order valence-electron chi connectivity index (χ2n) is 4.00. The largest absolute Gasteiger partial charge is 0.368 e. The number of methoxy groups -OCH3 is 2. The van der Waals surface area contributed by atoms with Crippen LogP contribution in [-0.2, 0) is 33.6 Å². The highest BCUT2D eigenvalue weighted by Crippen LogP contribution is 2.36. The molecule has 0 aromatic heterocycles. The van der Waals surface area contributed by atoms with E-state index >= 15 is 0 Å². The van der Waals surface area contributed by atoms with Crippen LogP contribution in [0.1, 0.15) is 0 Å². The fraction of sp³-hybridized carbons (Fsp3) is 0.818. The first-order valence-electron chi connectivity index (χ1n) is 6.45. The van der Waals surface area contributed by atoms with Gasteiger partial charge in [-0.25, -0.2) is 0 Å². The zero-order chi connectivity index (χ0) is 19.0. The van der Waals surface area contributed by atoms with E-state index in [1.165, 1.54) is 47.7 Å². The maximum absolute atomic E-state index is 8.00. The molecule has 0 spiro atoms. The second-order valence-corrected chi connectivity index (χ2v) is 4.00. The zero-order valence-corrected chi connectivity index (χ0v) is 14.9. The van der Waals surface area contributed by atoms with Crippen molar-refractivity contribution >= 4 is 12.7 Å². The van der Waals surface area contributed by atoms with Gasteiger partial charge in [-0.2, -0.15) is 10.1 Å². The van der Waals surface area contributed by atoms with E-state index in [0.717, 1.165) is 10.1 Å². The van der Waals surface area contributed by atoms with Gasteiger partial charge in [0.05, 0.1) is 28.4 Å². The molecule has 0 fully saturated rings. The lowest BCUT2D eigenvalue weighted by molar-refractivity contribution is -0.534. The summed E-state index contributed by atoms with van der Waals surface area (Å²) in [6, 6.07) is 0. The van der Waals surface area contributed by atoms with Crippen molar-refractivity contribution in [1.29, 1.82) is 0 Å². The Bertz CT molecular complexity index is 416. The molecule has 0 aromatic carbocycles. The Morgan fingerprint density at radius 2 is 1.71 bits per heavy atom. The minimum atomic E-state index is -1.66. The molecule has 2 unspecified atom stereocenters. The van der Waals surface area contributed by atoms with Crippen LogP contribution in [0.25, 0.3) is 0 Å². The summed E-state index contributed by atoms with van der Waals surface area (Å²) < 4.78 is 11.0. The van der Waals surface area contributed by atoms with Crippen molar-refractivity contribution in [1.82, 2.24) is 20.7 Å². The van der Waals surface area contributed by atoms with E-state index < -0.39 is 11.9 Å². The summed E-state index contributed by atoms with van der Waals surface area (Å²) in [6.07, 6.45) is 0. The molecule has 1 heterocycles. The average molecular weight is 354 g/mol. The van der Waals surface area contributed by atoms with Gasteiger partial charge >= 0.3 is 11.9 Å². The Labute approximate surface area is 140 Å². The van der Waals surface area contributed by atoms with Crippen LogP contribution in [0.2, 0.25) is 0 Å². The van der Waals surface area contributed by atoms with Gasteiger partial charge in [0, 0.05) is 21.3 Å². The van der Waals surface area contributed by atoms with E-state index in [9.17, 15) is 0 Å². The van der Waals surface area contributed by atoms with Crippen molar-refractivity contribution in [2.75, 3.05) is 49.7 Å². The van der Waals surface area contributed by atoms with Crippen LogP contribution in [0, 0.1) is 0 Å². The highest BCUT2D eigenvalue weighted by Gasteiger charge is 2.63. The third kappa shape index (κ3) is 3.49. The maximum Gasteiger partial charge on any atom is 0.340 e. The summed E-state index contributed by atoms with van der Waals surface area (Å²) >= 11 is 0. The summed E-state index contributed by atoms with van der Waals surface area (Å²) in [5.41, 5.74) is 8.52. The highest BCUT2D eigenvalue weighted by atomic mass is 16.9. The molecule has 142 valence electrons. The van der Waals surface area contributed by atoms with Gasteiger partial charge in [-0.05, 0) is 0 Å². The Morgan fingerprint density at radius 1 is 1.12 bits per heavy atom. The first kappa shape index (κ1) is 22.6. The van der Waals surface area contributed by atoms with Gasteiger partial charge in [0.15, 0.2) is 0 Å². The maximum atomic E-state index is 8.00. The Balaban J connectivity index is 0.00000254. The minimum absolute atomic E-state index is 0.0760. The van der Waals surface area contributed by atoms with Gasteiger partial charge in [-0.15, -0.1) is 10.5 Å². The standard InChI is InChI=1S/C10H24N6O6.CH2O/c1-14(20-5)10(18-3)15(21-6)8(11)12-9(17-2,13-19-4)16(10)22-7;1-2/h13H,1-7H3,(H2,11,12);1H2. The van der Waals surface area contributed by atoms with Crippen LogP contribution in [0.3, 0.4) is 0 Å². The molecule has 0 aliphatic carbocycles. The molecule has 1 aliphatic rings. The van der Waals surface area contributed by atoms with Crippen LogP contribution in [-0.4, -0.2) is 89.6 Å². The van der Waals surface area contributed by atoms with Crippen LogP contribution >= 0.6 is 0 Å². The molecule has 0 amide bonds. The molecular formula is C11H26N6O7. The van der Waals surface area contributed by atoms with Crippen molar-refractivity contribution < 1.29 is 33.6 Å². The third-order valence-electron chi connectivity index (χ3n) is 3.12. The van der Waals surface area contributed by atoms with Crippen molar-refractivity contribution in [3.63, 3.8) is 0 Å². The summed E-state index contributed by atoms with van der Waals surface area (Å²) in [7, 11) is 9.95. The van der Waals surface area contributed by atoms with Crippen LogP contribution < -0.4 is 11.2 Å². The average Bonchev–Trinajstić information content (AvgIpc) is 2.61. The molecule has 0 aromatic rings. The van der Waals surface area contributed by atoms with E-state index in [1.807, 2.05) is 6.79 Å². The van der Waals surface area contributed by atoms with Crippen molar-refractivity contribution in [2.24, 2.45) is 10.7 Å². The summed E-state index contributed by atoms with van der Waals surface area (Å²) in [6.45, 7) is 2.00. The SMILES string of the molecule is C=O.CONC1(OC)N=C(N)N(OC)C(OC)(N(C)OC)N1OC.